The second kappa shape index (κ2) is 8.79. The molecule has 4 rings (SSSR count). The summed E-state index contributed by atoms with van der Waals surface area (Å²) in [6.07, 6.45) is 4.61. The van der Waals surface area contributed by atoms with Crippen molar-refractivity contribution < 1.29 is 32.5 Å². The fourth-order valence-electron chi connectivity index (χ4n) is 3.70. The van der Waals surface area contributed by atoms with Crippen molar-refractivity contribution in [3.8, 4) is 0 Å². The van der Waals surface area contributed by atoms with E-state index in [0.717, 1.165) is 38.6 Å². The van der Waals surface area contributed by atoms with Gasteiger partial charge in [0.05, 0.1) is 25.0 Å². The van der Waals surface area contributed by atoms with Crippen molar-refractivity contribution >= 4 is 5.97 Å². The van der Waals surface area contributed by atoms with E-state index < -0.39 is 12.1 Å². The van der Waals surface area contributed by atoms with Crippen molar-refractivity contribution in [2.45, 2.75) is 56.7 Å². The molecular formula is C18H26F3N3O4. The molecule has 3 aliphatic rings. The normalized spacial score (nSPS) is 27.8. The van der Waals surface area contributed by atoms with Gasteiger partial charge in [-0.1, -0.05) is 0 Å². The zero-order valence-corrected chi connectivity index (χ0v) is 15.8. The van der Waals surface area contributed by atoms with Crippen molar-refractivity contribution in [1.29, 1.82) is 0 Å². The van der Waals surface area contributed by atoms with Gasteiger partial charge in [0, 0.05) is 44.5 Å². The molecule has 3 atom stereocenters. The first-order chi connectivity index (χ1) is 13.2. The second-order valence-corrected chi connectivity index (χ2v) is 7.59. The van der Waals surface area contributed by atoms with Gasteiger partial charge >= 0.3 is 12.1 Å². The molecule has 2 bridgehead atoms. The van der Waals surface area contributed by atoms with E-state index in [9.17, 15) is 13.2 Å². The monoisotopic (exact) mass is 405 g/mol. The number of carboxylic acid groups (broad SMARTS) is 1. The predicted molar refractivity (Wildman–Crippen MR) is 92.5 cm³/mol. The lowest BCUT2D eigenvalue weighted by atomic mass is 10.1. The minimum Gasteiger partial charge on any atom is -0.475 e. The summed E-state index contributed by atoms with van der Waals surface area (Å²) < 4.78 is 45.9. The van der Waals surface area contributed by atoms with Crippen LogP contribution in [0.25, 0.3) is 0 Å². The molecule has 2 saturated carbocycles. The highest BCUT2D eigenvalue weighted by molar-refractivity contribution is 5.73. The van der Waals surface area contributed by atoms with Crippen LogP contribution >= 0.6 is 0 Å². The van der Waals surface area contributed by atoms with Crippen LogP contribution in [0.2, 0.25) is 0 Å². The molecule has 0 amide bonds. The molecule has 1 saturated heterocycles. The van der Waals surface area contributed by atoms with Crippen molar-refractivity contribution in [1.82, 2.24) is 14.7 Å². The highest BCUT2D eigenvalue weighted by Crippen LogP contribution is 2.35. The molecule has 2 aliphatic carbocycles. The number of fused-ring (bicyclic) bond motifs is 2. The number of aliphatic carboxylic acids is 1. The molecule has 1 aromatic heterocycles. The van der Waals surface area contributed by atoms with E-state index >= 15 is 0 Å². The first-order valence-electron chi connectivity index (χ1n) is 9.49. The molecule has 0 aromatic carbocycles. The molecule has 0 radical (unpaired) electrons. The van der Waals surface area contributed by atoms with Gasteiger partial charge in [-0.15, -0.1) is 0 Å². The SMILES string of the molecule is Cn1cc(CN2CCOC3CCC2C3OCC2CC2)cn1.O=C(O)C(F)(F)F. The van der Waals surface area contributed by atoms with Gasteiger partial charge in [0.2, 0.25) is 0 Å². The summed E-state index contributed by atoms with van der Waals surface area (Å²) in [5, 5.41) is 11.4. The summed E-state index contributed by atoms with van der Waals surface area (Å²) in [7, 11) is 1.97. The number of ether oxygens (including phenoxy) is 2. The Bertz CT molecular complexity index is 663. The molecule has 2 heterocycles. The summed E-state index contributed by atoms with van der Waals surface area (Å²) in [5.74, 6) is -1.94. The standard InChI is InChI=1S/C16H25N3O2.C2HF3O2/c1-18-9-13(8-17-18)10-19-6-7-20-15-5-4-14(19)16(15)21-11-12-2-3-12;3-2(4,5)1(6)7/h8-9,12,14-16H,2-7,10-11H2,1H3;(H,6,7). The van der Waals surface area contributed by atoms with E-state index in [1.807, 2.05) is 17.9 Å². The molecule has 7 nitrogen and oxygen atoms in total. The van der Waals surface area contributed by atoms with E-state index in [0.29, 0.717) is 12.1 Å². The topological polar surface area (TPSA) is 76.8 Å². The van der Waals surface area contributed by atoms with Crippen molar-refractivity contribution in [3.05, 3.63) is 18.0 Å². The molecule has 10 heteroatoms. The fourth-order valence-corrected chi connectivity index (χ4v) is 3.70. The lowest BCUT2D eigenvalue weighted by Gasteiger charge is -2.30. The number of hydrogen-bond acceptors (Lipinski definition) is 5. The van der Waals surface area contributed by atoms with Gasteiger partial charge in [0.15, 0.2) is 0 Å². The van der Waals surface area contributed by atoms with Gasteiger partial charge in [-0.25, -0.2) is 4.79 Å². The van der Waals surface area contributed by atoms with Crippen LogP contribution in [0.1, 0.15) is 31.2 Å². The predicted octanol–water partition coefficient (Wildman–Crippen LogP) is 2.21. The van der Waals surface area contributed by atoms with Crippen LogP contribution in [0.15, 0.2) is 12.4 Å². The third-order valence-electron chi connectivity index (χ3n) is 5.28. The number of aromatic nitrogens is 2. The number of carbonyl (C=O) groups is 1. The molecule has 1 aromatic rings. The number of carboxylic acids is 1. The molecule has 1 aliphatic heterocycles. The summed E-state index contributed by atoms with van der Waals surface area (Å²) in [4.78, 5) is 11.4. The van der Waals surface area contributed by atoms with E-state index in [1.165, 1.54) is 24.8 Å². The van der Waals surface area contributed by atoms with Crippen molar-refractivity contribution in [2.75, 3.05) is 19.8 Å². The molecule has 28 heavy (non-hydrogen) atoms. The van der Waals surface area contributed by atoms with Gasteiger partial charge < -0.3 is 14.6 Å². The van der Waals surface area contributed by atoms with E-state index in [4.69, 9.17) is 19.4 Å². The number of hydrogen-bond donors (Lipinski definition) is 1. The lowest BCUT2D eigenvalue weighted by Crippen LogP contribution is -2.43. The third kappa shape index (κ3) is 5.68. The minimum absolute atomic E-state index is 0.268. The third-order valence-corrected chi connectivity index (χ3v) is 5.28. The van der Waals surface area contributed by atoms with Crippen LogP contribution in [-0.4, -0.2) is 69.9 Å². The molecule has 1 N–H and O–H groups in total. The van der Waals surface area contributed by atoms with E-state index in [1.54, 1.807) is 0 Å². The van der Waals surface area contributed by atoms with Gasteiger partial charge in [-0.05, 0) is 31.6 Å². The summed E-state index contributed by atoms with van der Waals surface area (Å²) >= 11 is 0. The van der Waals surface area contributed by atoms with Gasteiger partial charge in [0.25, 0.3) is 0 Å². The van der Waals surface area contributed by atoms with Crippen molar-refractivity contribution in [3.63, 3.8) is 0 Å². The van der Waals surface area contributed by atoms with Crippen LogP contribution in [0, 0.1) is 5.92 Å². The van der Waals surface area contributed by atoms with Gasteiger partial charge in [-0.3, -0.25) is 9.58 Å². The highest BCUT2D eigenvalue weighted by atomic mass is 19.4. The molecule has 3 unspecified atom stereocenters. The van der Waals surface area contributed by atoms with Crippen LogP contribution in [-0.2, 0) is 27.9 Å². The molecule has 0 spiro atoms. The fraction of sp³-hybridized carbons (Fsp3) is 0.778. The Morgan fingerprint density at radius 2 is 2.07 bits per heavy atom. The Balaban J connectivity index is 0.000000279. The van der Waals surface area contributed by atoms with Crippen LogP contribution in [0.4, 0.5) is 13.2 Å². The first-order valence-corrected chi connectivity index (χ1v) is 9.49. The van der Waals surface area contributed by atoms with Crippen LogP contribution < -0.4 is 0 Å². The van der Waals surface area contributed by atoms with Crippen LogP contribution in [0.3, 0.4) is 0 Å². The summed E-state index contributed by atoms with van der Waals surface area (Å²) in [6, 6.07) is 0.511. The maximum Gasteiger partial charge on any atom is 0.490 e. The zero-order valence-electron chi connectivity index (χ0n) is 15.8. The molecule has 3 fully saturated rings. The smallest absolute Gasteiger partial charge is 0.475 e. The molecule has 158 valence electrons. The number of halogens is 3. The summed E-state index contributed by atoms with van der Waals surface area (Å²) in [5.41, 5.74) is 1.28. The Hall–Kier alpha value is -1.65. The van der Waals surface area contributed by atoms with Gasteiger partial charge in [0.1, 0.15) is 0 Å². The van der Waals surface area contributed by atoms with E-state index in [2.05, 4.69) is 16.2 Å². The zero-order chi connectivity index (χ0) is 20.3. The maximum atomic E-state index is 10.6. The Kier molecular flexibility index (Phi) is 6.61. The maximum absolute atomic E-state index is 10.6. The average Bonchev–Trinajstić information content (AvgIpc) is 3.25. The second-order valence-electron chi connectivity index (χ2n) is 7.59. The average molecular weight is 405 g/mol. The Labute approximate surface area is 161 Å². The number of nitrogens with zero attached hydrogens (tertiary/aromatic N) is 3. The lowest BCUT2D eigenvalue weighted by molar-refractivity contribution is -0.192. The van der Waals surface area contributed by atoms with Crippen LogP contribution in [0.5, 0.6) is 0 Å². The number of aryl methyl sites for hydroxylation is 1. The Morgan fingerprint density at radius 3 is 2.64 bits per heavy atom. The number of alkyl halides is 3. The largest absolute Gasteiger partial charge is 0.490 e. The minimum atomic E-state index is -5.08. The van der Waals surface area contributed by atoms with Crippen molar-refractivity contribution in [2.24, 2.45) is 13.0 Å². The summed E-state index contributed by atoms with van der Waals surface area (Å²) in [6.45, 7) is 3.71. The van der Waals surface area contributed by atoms with Gasteiger partial charge in [-0.2, -0.15) is 18.3 Å². The molecular weight excluding hydrogens is 379 g/mol. The quantitative estimate of drug-likeness (QED) is 0.810. The van der Waals surface area contributed by atoms with E-state index in [-0.39, 0.29) is 6.10 Å². The Morgan fingerprint density at radius 1 is 1.36 bits per heavy atom. The number of rotatable bonds is 5. The highest BCUT2D eigenvalue weighted by Gasteiger charge is 2.43. The first kappa shape index (κ1) is 21.1.